The van der Waals surface area contributed by atoms with Gasteiger partial charge in [-0.3, -0.25) is 0 Å². The molecule has 0 bridgehead atoms. The average Bonchev–Trinajstić information content (AvgIpc) is 3.04. The Labute approximate surface area is 125 Å². The maximum atomic E-state index is 11.9. The zero-order valence-electron chi connectivity index (χ0n) is 12.9. The summed E-state index contributed by atoms with van der Waals surface area (Å²) >= 11 is 0. The Morgan fingerprint density at radius 3 is 2.67 bits per heavy atom. The zero-order valence-corrected chi connectivity index (χ0v) is 12.9. The molecular formula is C15H25N3O3. The monoisotopic (exact) mass is 295 g/mol. The molecule has 1 aliphatic rings. The number of carbonyl (C=O) groups excluding carboxylic acids is 1. The highest BCUT2D eigenvalue weighted by Gasteiger charge is 2.34. The van der Waals surface area contributed by atoms with E-state index in [2.05, 4.69) is 15.8 Å². The minimum absolute atomic E-state index is 0.0134. The summed E-state index contributed by atoms with van der Waals surface area (Å²) in [5.41, 5.74) is 1.63. The summed E-state index contributed by atoms with van der Waals surface area (Å²) in [5.74, 6) is 0.849. The Kier molecular flexibility index (Phi) is 5.22. The van der Waals surface area contributed by atoms with Gasteiger partial charge >= 0.3 is 6.03 Å². The molecule has 1 aromatic heterocycles. The van der Waals surface area contributed by atoms with Crippen molar-refractivity contribution in [2.75, 3.05) is 13.2 Å². The summed E-state index contributed by atoms with van der Waals surface area (Å²) in [6.07, 6.45) is 5.51. The molecule has 1 fully saturated rings. The molecule has 0 atom stereocenters. The van der Waals surface area contributed by atoms with Gasteiger partial charge in [0.2, 0.25) is 0 Å². The number of urea groups is 1. The standard InChI is InChI=1S/C15H25N3O3/c1-11-13(12(2)21-18-11)6-5-9-16-14(20)17-15(10-19)7-3-4-8-15/h19H,3-10H2,1-2H3,(H2,16,17,20). The van der Waals surface area contributed by atoms with Crippen LogP contribution in [-0.2, 0) is 6.42 Å². The number of aliphatic hydroxyl groups excluding tert-OH is 1. The summed E-state index contributed by atoms with van der Waals surface area (Å²) in [7, 11) is 0. The van der Waals surface area contributed by atoms with E-state index in [0.29, 0.717) is 6.54 Å². The van der Waals surface area contributed by atoms with Crippen LogP contribution in [0.2, 0.25) is 0 Å². The molecule has 0 aliphatic heterocycles. The minimum Gasteiger partial charge on any atom is -0.394 e. The van der Waals surface area contributed by atoms with Gasteiger partial charge in [0.05, 0.1) is 17.8 Å². The van der Waals surface area contributed by atoms with Gasteiger partial charge in [0.1, 0.15) is 5.76 Å². The second-order valence-corrected chi connectivity index (χ2v) is 5.93. The van der Waals surface area contributed by atoms with Gasteiger partial charge in [0.15, 0.2) is 0 Å². The van der Waals surface area contributed by atoms with E-state index in [9.17, 15) is 9.90 Å². The van der Waals surface area contributed by atoms with Gasteiger partial charge in [-0.1, -0.05) is 18.0 Å². The molecule has 3 N–H and O–H groups in total. The molecule has 118 valence electrons. The molecule has 1 saturated carbocycles. The second-order valence-electron chi connectivity index (χ2n) is 5.93. The molecule has 21 heavy (non-hydrogen) atoms. The lowest BCUT2D eigenvalue weighted by atomic mass is 9.99. The van der Waals surface area contributed by atoms with Crippen molar-refractivity contribution in [1.29, 1.82) is 0 Å². The van der Waals surface area contributed by atoms with E-state index >= 15 is 0 Å². The fourth-order valence-electron chi connectivity index (χ4n) is 2.99. The Morgan fingerprint density at radius 1 is 1.38 bits per heavy atom. The average molecular weight is 295 g/mol. The lowest BCUT2D eigenvalue weighted by molar-refractivity contribution is 0.163. The molecule has 0 aromatic carbocycles. The van der Waals surface area contributed by atoms with Crippen LogP contribution >= 0.6 is 0 Å². The molecule has 0 spiro atoms. The smallest absolute Gasteiger partial charge is 0.315 e. The summed E-state index contributed by atoms with van der Waals surface area (Å²) in [6, 6.07) is -0.190. The van der Waals surface area contributed by atoms with E-state index in [-0.39, 0.29) is 12.6 Å². The number of nitrogens with one attached hydrogen (secondary N) is 2. The number of aliphatic hydroxyl groups is 1. The third kappa shape index (κ3) is 3.97. The maximum absolute atomic E-state index is 11.9. The summed E-state index contributed by atoms with van der Waals surface area (Å²) < 4.78 is 5.11. The maximum Gasteiger partial charge on any atom is 0.315 e. The lowest BCUT2D eigenvalue weighted by Crippen LogP contribution is -2.53. The lowest BCUT2D eigenvalue weighted by Gasteiger charge is -2.27. The van der Waals surface area contributed by atoms with Crippen molar-refractivity contribution in [3.05, 3.63) is 17.0 Å². The number of hydrogen-bond acceptors (Lipinski definition) is 4. The molecule has 1 aliphatic carbocycles. The topological polar surface area (TPSA) is 87.4 Å². The molecular weight excluding hydrogens is 270 g/mol. The first kappa shape index (κ1) is 15.8. The van der Waals surface area contributed by atoms with E-state index in [0.717, 1.165) is 55.5 Å². The fourth-order valence-corrected chi connectivity index (χ4v) is 2.99. The predicted molar refractivity (Wildman–Crippen MR) is 79.1 cm³/mol. The number of amides is 2. The van der Waals surface area contributed by atoms with Crippen LogP contribution in [0.15, 0.2) is 4.52 Å². The third-order valence-electron chi connectivity index (χ3n) is 4.31. The van der Waals surface area contributed by atoms with Crippen molar-refractivity contribution in [2.45, 2.75) is 57.9 Å². The van der Waals surface area contributed by atoms with Crippen LogP contribution in [0.1, 0.15) is 49.1 Å². The summed E-state index contributed by atoms with van der Waals surface area (Å²) in [6.45, 7) is 4.44. The highest BCUT2D eigenvalue weighted by Crippen LogP contribution is 2.28. The summed E-state index contributed by atoms with van der Waals surface area (Å²) in [5, 5.41) is 19.2. The van der Waals surface area contributed by atoms with Gasteiger partial charge in [-0.25, -0.2) is 4.79 Å². The van der Waals surface area contributed by atoms with Gasteiger partial charge in [-0.05, 0) is 39.5 Å². The molecule has 0 unspecified atom stereocenters. The van der Waals surface area contributed by atoms with Crippen molar-refractivity contribution < 1.29 is 14.4 Å². The van der Waals surface area contributed by atoms with Crippen LogP contribution in [0.3, 0.4) is 0 Å². The molecule has 6 nitrogen and oxygen atoms in total. The van der Waals surface area contributed by atoms with Gasteiger partial charge in [-0.15, -0.1) is 0 Å². The van der Waals surface area contributed by atoms with E-state index in [1.165, 1.54) is 0 Å². The van der Waals surface area contributed by atoms with Crippen LogP contribution in [0, 0.1) is 13.8 Å². The Balaban J connectivity index is 1.70. The van der Waals surface area contributed by atoms with Crippen LogP contribution in [-0.4, -0.2) is 35.0 Å². The highest BCUT2D eigenvalue weighted by atomic mass is 16.5. The first-order valence-electron chi connectivity index (χ1n) is 7.65. The number of hydrogen-bond donors (Lipinski definition) is 3. The van der Waals surface area contributed by atoms with Crippen molar-refractivity contribution >= 4 is 6.03 Å². The number of rotatable bonds is 6. The number of nitrogens with zero attached hydrogens (tertiary/aromatic N) is 1. The van der Waals surface area contributed by atoms with E-state index in [4.69, 9.17) is 4.52 Å². The highest BCUT2D eigenvalue weighted by molar-refractivity contribution is 5.74. The predicted octanol–water partition coefficient (Wildman–Crippen LogP) is 1.83. The molecule has 6 heteroatoms. The number of aromatic nitrogens is 1. The largest absolute Gasteiger partial charge is 0.394 e. The quantitative estimate of drug-likeness (QED) is 0.699. The Morgan fingerprint density at radius 2 is 2.10 bits per heavy atom. The molecule has 2 rings (SSSR count). The van der Waals surface area contributed by atoms with Crippen molar-refractivity contribution in [3.8, 4) is 0 Å². The first-order chi connectivity index (χ1) is 10.1. The van der Waals surface area contributed by atoms with Gasteiger partial charge in [0, 0.05) is 12.1 Å². The van der Waals surface area contributed by atoms with Gasteiger partial charge < -0.3 is 20.3 Å². The Bertz CT molecular complexity index is 459. The van der Waals surface area contributed by atoms with E-state index in [1.807, 2.05) is 13.8 Å². The molecule has 2 amide bonds. The first-order valence-corrected chi connectivity index (χ1v) is 7.65. The number of carbonyl (C=O) groups is 1. The third-order valence-corrected chi connectivity index (χ3v) is 4.31. The van der Waals surface area contributed by atoms with Crippen LogP contribution < -0.4 is 10.6 Å². The van der Waals surface area contributed by atoms with Crippen molar-refractivity contribution in [3.63, 3.8) is 0 Å². The van der Waals surface area contributed by atoms with E-state index < -0.39 is 5.54 Å². The van der Waals surface area contributed by atoms with Crippen molar-refractivity contribution in [2.24, 2.45) is 0 Å². The molecule has 1 aromatic rings. The minimum atomic E-state index is -0.411. The van der Waals surface area contributed by atoms with Gasteiger partial charge in [-0.2, -0.15) is 0 Å². The SMILES string of the molecule is Cc1noc(C)c1CCCNC(=O)NC1(CO)CCCC1. The molecule has 0 radical (unpaired) electrons. The van der Waals surface area contributed by atoms with Crippen LogP contribution in [0.25, 0.3) is 0 Å². The van der Waals surface area contributed by atoms with Crippen molar-refractivity contribution in [1.82, 2.24) is 15.8 Å². The van der Waals surface area contributed by atoms with Crippen LogP contribution in [0.5, 0.6) is 0 Å². The fraction of sp³-hybridized carbons (Fsp3) is 0.733. The van der Waals surface area contributed by atoms with E-state index in [1.54, 1.807) is 0 Å². The molecule has 1 heterocycles. The zero-order chi connectivity index (χ0) is 15.3. The summed E-state index contributed by atoms with van der Waals surface area (Å²) in [4.78, 5) is 11.9. The normalized spacial score (nSPS) is 16.9. The second kappa shape index (κ2) is 6.93. The van der Waals surface area contributed by atoms with Gasteiger partial charge in [0.25, 0.3) is 0 Å². The number of aryl methyl sites for hydroxylation is 2. The molecule has 0 saturated heterocycles. The van der Waals surface area contributed by atoms with Crippen LogP contribution in [0.4, 0.5) is 4.79 Å². The Hall–Kier alpha value is -1.56.